The summed E-state index contributed by atoms with van der Waals surface area (Å²) in [4.78, 5) is 2.32. The van der Waals surface area contributed by atoms with E-state index >= 15 is 0 Å². The number of nitrogens with zero attached hydrogens (tertiary/aromatic N) is 1. The molecule has 0 atom stereocenters. The topological polar surface area (TPSA) is 12.5 Å². The highest BCUT2D eigenvalue weighted by atomic mass is 16.5. The van der Waals surface area contributed by atoms with Gasteiger partial charge in [-0.1, -0.05) is 19.1 Å². The molecule has 2 heteroatoms. The molecule has 0 aliphatic carbocycles. The van der Waals surface area contributed by atoms with Crippen LogP contribution < -0.4 is 4.74 Å². The quantitative estimate of drug-likeness (QED) is 0.711. The molecule has 84 valence electrons. The van der Waals surface area contributed by atoms with Gasteiger partial charge in [0.15, 0.2) is 0 Å². The van der Waals surface area contributed by atoms with Crippen molar-refractivity contribution in [3.63, 3.8) is 0 Å². The highest BCUT2D eigenvalue weighted by Gasteiger charge is 1.97. The molecule has 0 unspecified atom stereocenters. The van der Waals surface area contributed by atoms with Crippen molar-refractivity contribution in [3.8, 4) is 5.75 Å². The number of hydrogen-bond donors (Lipinski definition) is 0. The van der Waals surface area contributed by atoms with Crippen LogP contribution in [0.15, 0.2) is 24.3 Å². The minimum Gasteiger partial charge on any atom is -0.494 e. The molecule has 2 nitrogen and oxygen atoms in total. The Kier molecular flexibility index (Phi) is 5.19. The van der Waals surface area contributed by atoms with Crippen LogP contribution in [0.2, 0.25) is 0 Å². The van der Waals surface area contributed by atoms with Crippen LogP contribution in [0.1, 0.15) is 19.4 Å². The molecule has 1 aromatic rings. The number of rotatable bonds is 6. The fourth-order valence-corrected chi connectivity index (χ4v) is 1.40. The molecular formula is C13H21NO. The van der Waals surface area contributed by atoms with Crippen LogP contribution in [0.3, 0.4) is 0 Å². The summed E-state index contributed by atoms with van der Waals surface area (Å²) in [6.45, 7) is 7.14. The van der Waals surface area contributed by atoms with Crippen LogP contribution in [0.25, 0.3) is 0 Å². The highest BCUT2D eigenvalue weighted by Crippen LogP contribution is 2.12. The van der Waals surface area contributed by atoms with Gasteiger partial charge in [0.05, 0.1) is 6.61 Å². The first-order valence-electron chi connectivity index (χ1n) is 5.66. The van der Waals surface area contributed by atoms with Gasteiger partial charge in [-0.3, -0.25) is 0 Å². The van der Waals surface area contributed by atoms with Gasteiger partial charge in [0.2, 0.25) is 0 Å². The summed E-state index contributed by atoms with van der Waals surface area (Å²) < 4.78 is 5.40. The van der Waals surface area contributed by atoms with E-state index in [0.717, 1.165) is 31.9 Å². The van der Waals surface area contributed by atoms with E-state index in [9.17, 15) is 0 Å². The van der Waals surface area contributed by atoms with Crippen LogP contribution in [0, 0.1) is 0 Å². The first-order valence-corrected chi connectivity index (χ1v) is 5.66. The van der Waals surface area contributed by atoms with Crippen molar-refractivity contribution in [1.82, 2.24) is 4.90 Å². The Morgan fingerprint density at radius 3 is 2.33 bits per heavy atom. The second-order valence-corrected chi connectivity index (χ2v) is 3.72. The van der Waals surface area contributed by atoms with E-state index in [2.05, 4.69) is 31.0 Å². The van der Waals surface area contributed by atoms with Gasteiger partial charge >= 0.3 is 0 Å². The maximum Gasteiger partial charge on any atom is 0.119 e. The average molecular weight is 207 g/mol. The second-order valence-electron chi connectivity index (χ2n) is 3.72. The van der Waals surface area contributed by atoms with E-state index in [0.29, 0.717) is 0 Å². The molecule has 0 spiro atoms. The van der Waals surface area contributed by atoms with Crippen LogP contribution in [0.5, 0.6) is 5.75 Å². The minimum absolute atomic E-state index is 0.734. The van der Waals surface area contributed by atoms with E-state index in [1.54, 1.807) is 0 Å². The number of ether oxygens (including phenoxy) is 1. The van der Waals surface area contributed by atoms with Gasteiger partial charge in [-0.25, -0.2) is 0 Å². The van der Waals surface area contributed by atoms with Crippen molar-refractivity contribution in [2.75, 3.05) is 26.7 Å². The lowest BCUT2D eigenvalue weighted by atomic mass is 10.1. The third kappa shape index (κ3) is 4.34. The zero-order chi connectivity index (χ0) is 11.1. The molecular weight excluding hydrogens is 186 g/mol. The van der Waals surface area contributed by atoms with Gasteiger partial charge in [-0.2, -0.15) is 0 Å². The molecule has 0 aromatic heterocycles. The van der Waals surface area contributed by atoms with Gasteiger partial charge in [-0.05, 0) is 44.6 Å². The summed E-state index contributed by atoms with van der Waals surface area (Å²) >= 11 is 0. The fourth-order valence-electron chi connectivity index (χ4n) is 1.40. The van der Waals surface area contributed by atoms with Crippen molar-refractivity contribution in [2.24, 2.45) is 0 Å². The molecule has 1 aromatic carbocycles. The predicted molar refractivity (Wildman–Crippen MR) is 64.5 cm³/mol. The first kappa shape index (κ1) is 12.1. The van der Waals surface area contributed by atoms with E-state index in [1.165, 1.54) is 5.56 Å². The van der Waals surface area contributed by atoms with E-state index < -0.39 is 0 Å². The van der Waals surface area contributed by atoms with Crippen LogP contribution in [0.4, 0.5) is 0 Å². The Labute approximate surface area is 92.9 Å². The lowest BCUT2D eigenvalue weighted by Gasteiger charge is -2.13. The Hall–Kier alpha value is -1.02. The van der Waals surface area contributed by atoms with Crippen molar-refractivity contribution >= 4 is 0 Å². The van der Waals surface area contributed by atoms with Crippen LogP contribution >= 0.6 is 0 Å². The third-order valence-electron chi connectivity index (χ3n) is 2.56. The number of hydrogen-bond acceptors (Lipinski definition) is 2. The van der Waals surface area contributed by atoms with Gasteiger partial charge in [-0.15, -0.1) is 0 Å². The third-order valence-corrected chi connectivity index (χ3v) is 2.56. The molecule has 0 saturated heterocycles. The first-order chi connectivity index (χ1) is 7.26. The molecule has 0 saturated carbocycles. The zero-order valence-electron chi connectivity index (χ0n) is 9.99. The Morgan fingerprint density at radius 2 is 1.80 bits per heavy atom. The molecule has 0 aliphatic heterocycles. The molecule has 0 N–H and O–H groups in total. The van der Waals surface area contributed by atoms with E-state index in [4.69, 9.17) is 4.74 Å². The SMILES string of the molecule is CCOc1ccc(CCN(C)CC)cc1. The summed E-state index contributed by atoms with van der Waals surface area (Å²) in [5.74, 6) is 0.963. The van der Waals surface area contributed by atoms with E-state index in [1.807, 2.05) is 19.1 Å². The highest BCUT2D eigenvalue weighted by molar-refractivity contribution is 5.27. The summed E-state index contributed by atoms with van der Waals surface area (Å²) in [6.07, 6.45) is 1.11. The molecule has 0 fully saturated rings. The standard InChI is InChI=1S/C13H21NO/c1-4-14(3)11-10-12-6-8-13(9-7-12)15-5-2/h6-9H,4-5,10-11H2,1-3H3. The normalized spacial score (nSPS) is 10.7. The summed E-state index contributed by atoms with van der Waals surface area (Å²) in [6, 6.07) is 8.39. The fraction of sp³-hybridized carbons (Fsp3) is 0.538. The molecule has 0 amide bonds. The maximum atomic E-state index is 5.40. The van der Waals surface area contributed by atoms with Gasteiger partial charge in [0, 0.05) is 6.54 Å². The summed E-state index contributed by atoms with van der Waals surface area (Å²) in [7, 11) is 2.15. The summed E-state index contributed by atoms with van der Waals surface area (Å²) in [5.41, 5.74) is 1.37. The summed E-state index contributed by atoms with van der Waals surface area (Å²) in [5, 5.41) is 0. The maximum absolute atomic E-state index is 5.40. The molecule has 1 rings (SSSR count). The predicted octanol–water partition coefficient (Wildman–Crippen LogP) is 2.58. The lowest BCUT2D eigenvalue weighted by Crippen LogP contribution is -2.20. The van der Waals surface area contributed by atoms with Gasteiger partial charge in [0.25, 0.3) is 0 Å². The molecule has 0 aliphatic rings. The number of likely N-dealkylation sites (N-methyl/N-ethyl adjacent to an activating group) is 1. The molecule has 0 heterocycles. The van der Waals surface area contributed by atoms with Gasteiger partial charge in [0.1, 0.15) is 5.75 Å². The van der Waals surface area contributed by atoms with Crippen LogP contribution in [-0.4, -0.2) is 31.6 Å². The van der Waals surface area contributed by atoms with Crippen molar-refractivity contribution in [1.29, 1.82) is 0 Å². The van der Waals surface area contributed by atoms with E-state index in [-0.39, 0.29) is 0 Å². The molecule has 0 radical (unpaired) electrons. The zero-order valence-corrected chi connectivity index (χ0v) is 9.99. The van der Waals surface area contributed by atoms with Gasteiger partial charge < -0.3 is 9.64 Å². The van der Waals surface area contributed by atoms with Crippen molar-refractivity contribution in [2.45, 2.75) is 20.3 Å². The Morgan fingerprint density at radius 1 is 1.13 bits per heavy atom. The second kappa shape index (κ2) is 6.46. The largest absolute Gasteiger partial charge is 0.494 e. The number of benzene rings is 1. The molecule has 0 bridgehead atoms. The van der Waals surface area contributed by atoms with Crippen molar-refractivity contribution in [3.05, 3.63) is 29.8 Å². The Balaban J connectivity index is 2.42. The van der Waals surface area contributed by atoms with Crippen LogP contribution in [-0.2, 0) is 6.42 Å². The smallest absolute Gasteiger partial charge is 0.119 e. The molecule has 15 heavy (non-hydrogen) atoms. The van der Waals surface area contributed by atoms with Crippen molar-refractivity contribution < 1.29 is 4.74 Å². The average Bonchev–Trinajstić information content (AvgIpc) is 2.28. The minimum atomic E-state index is 0.734. The Bertz CT molecular complexity index is 268. The lowest BCUT2D eigenvalue weighted by molar-refractivity contribution is 0.339. The monoisotopic (exact) mass is 207 g/mol.